The van der Waals surface area contributed by atoms with Gasteiger partial charge >= 0.3 is 5.97 Å². The number of aryl methyl sites for hydroxylation is 3. The van der Waals surface area contributed by atoms with Crippen molar-refractivity contribution in [3.63, 3.8) is 0 Å². The Balaban J connectivity index is 2.30. The van der Waals surface area contributed by atoms with Crippen LogP contribution in [0.5, 0.6) is 0 Å². The third kappa shape index (κ3) is 2.93. The van der Waals surface area contributed by atoms with E-state index < -0.39 is 5.97 Å². The lowest BCUT2D eigenvalue weighted by atomic mass is 10.1. The molecule has 0 unspecified atom stereocenters. The van der Waals surface area contributed by atoms with Crippen molar-refractivity contribution in [1.82, 2.24) is 9.97 Å². The Morgan fingerprint density at radius 3 is 2.70 bits per heavy atom. The molecule has 5 heteroatoms. The fraction of sp³-hybridized carbons (Fsp3) is 0.267. The van der Waals surface area contributed by atoms with E-state index in [0.29, 0.717) is 17.9 Å². The van der Waals surface area contributed by atoms with E-state index in [2.05, 4.69) is 15.3 Å². The summed E-state index contributed by atoms with van der Waals surface area (Å²) < 4.78 is 0. The highest BCUT2D eigenvalue weighted by Crippen LogP contribution is 2.19. The standard InChI is InChI=1S/C15H17N3O2/c1-9-5-4-6-16-12(9)8-17-14-13(15(19)20)10(2)7-11(3)18-14/h4-7H,8H2,1-3H3,(H,17,18)(H,19,20). The van der Waals surface area contributed by atoms with E-state index in [1.807, 2.05) is 26.0 Å². The fourth-order valence-electron chi connectivity index (χ4n) is 2.11. The molecule has 5 nitrogen and oxygen atoms in total. The van der Waals surface area contributed by atoms with Crippen LogP contribution >= 0.6 is 0 Å². The monoisotopic (exact) mass is 271 g/mol. The number of nitrogens with zero attached hydrogens (tertiary/aromatic N) is 2. The van der Waals surface area contributed by atoms with Crippen LogP contribution in [0, 0.1) is 20.8 Å². The summed E-state index contributed by atoms with van der Waals surface area (Å²) in [7, 11) is 0. The van der Waals surface area contributed by atoms with Gasteiger partial charge in [-0.15, -0.1) is 0 Å². The number of aromatic carboxylic acids is 1. The van der Waals surface area contributed by atoms with Gasteiger partial charge in [0.05, 0.1) is 12.2 Å². The third-order valence-electron chi connectivity index (χ3n) is 3.10. The van der Waals surface area contributed by atoms with Crippen LogP contribution in [0.15, 0.2) is 24.4 Å². The molecule has 0 aliphatic rings. The molecule has 0 amide bonds. The number of hydrogen-bond acceptors (Lipinski definition) is 4. The number of nitrogens with one attached hydrogen (secondary N) is 1. The molecule has 2 aromatic rings. The van der Waals surface area contributed by atoms with Crippen molar-refractivity contribution >= 4 is 11.8 Å². The van der Waals surface area contributed by atoms with Gasteiger partial charge in [0, 0.05) is 11.9 Å². The first kappa shape index (κ1) is 14.0. The molecule has 2 rings (SSSR count). The second-order valence-corrected chi connectivity index (χ2v) is 4.73. The van der Waals surface area contributed by atoms with Gasteiger partial charge in [-0.1, -0.05) is 6.07 Å². The van der Waals surface area contributed by atoms with Crippen molar-refractivity contribution in [3.05, 3.63) is 52.5 Å². The molecule has 104 valence electrons. The highest BCUT2D eigenvalue weighted by Gasteiger charge is 2.15. The lowest BCUT2D eigenvalue weighted by Gasteiger charge is -2.12. The molecule has 0 saturated heterocycles. The maximum atomic E-state index is 11.3. The zero-order valence-electron chi connectivity index (χ0n) is 11.8. The molecule has 0 atom stereocenters. The number of aromatic nitrogens is 2. The Morgan fingerprint density at radius 1 is 1.30 bits per heavy atom. The first-order valence-electron chi connectivity index (χ1n) is 6.35. The molecule has 0 saturated carbocycles. The van der Waals surface area contributed by atoms with Crippen LogP contribution in [0.2, 0.25) is 0 Å². The Kier molecular flexibility index (Phi) is 3.98. The highest BCUT2D eigenvalue weighted by molar-refractivity contribution is 5.94. The van der Waals surface area contributed by atoms with Crippen LogP contribution in [-0.2, 0) is 6.54 Å². The zero-order chi connectivity index (χ0) is 14.7. The van der Waals surface area contributed by atoms with Gasteiger partial charge in [0.25, 0.3) is 0 Å². The highest BCUT2D eigenvalue weighted by atomic mass is 16.4. The van der Waals surface area contributed by atoms with Crippen molar-refractivity contribution in [2.75, 3.05) is 5.32 Å². The molecular formula is C15H17N3O2. The molecule has 0 aliphatic carbocycles. The van der Waals surface area contributed by atoms with Crippen molar-refractivity contribution in [3.8, 4) is 0 Å². The van der Waals surface area contributed by atoms with Gasteiger partial charge in [-0.05, 0) is 44.0 Å². The van der Waals surface area contributed by atoms with E-state index in [1.165, 1.54) is 0 Å². The van der Waals surface area contributed by atoms with Gasteiger partial charge in [-0.25, -0.2) is 9.78 Å². The summed E-state index contributed by atoms with van der Waals surface area (Å²) in [5.74, 6) is -0.588. The van der Waals surface area contributed by atoms with Crippen molar-refractivity contribution in [1.29, 1.82) is 0 Å². The molecule has 2 heterocycles. The number of carboxylic acid groups (broad SMARTS) is 1. The van der Waals surface area contributed by atoms with Gasteiger partial charge in [0.1, 0.15) is 11.4 Å². The normalized spacial score (nSPS) is 10.3. The number of carbonyl (C=O) groups is 1. The lowest BCUT2D eigenvalue weighted by molar-refractivity contribution is 0.0697. The molecule has 2 N–H and O–H groups in total. The van der Waals surface area contributed by atoms with Crippen LogP contribution in [0.25, 0.3) is 0 Å². The molecule has 0 aromatic carbocycles. The summed E-state index contributed by atoms with van der Waals surface area (Å²) in [4.78, 5) is 19.9. The van der Waals surface area contributed by atoms with Crippen LogP contribution in [0.4, 0.5) is 5.82 Å². The van der Waals surface area contributed by atoms with Crippen molar-refractivity contribution < 1.29 is 9.90 Å². The van der Waals surface area contributed by atoms with Gasteiger partial charge < -0.3 is 10.4 Å². The molecule has 0 fully saturated rings. The summed E-state index contributed by atoms with van der Waals surface area (Å²) in [6.45, 7) is 6.03. The molecular weight excluding hydrogens is 254 g/mol. The Hall–Kier alpha value is -2.43. The first-order chi connectivity index (χ1) is 9.49. The molecule has 0 radical (unpaired) electrons. The van der Waals surface area contributed by atoms with Crippen LogP contribution < -0.4 is 5.32 Å². The number of carboxylic acids is 1. The van der Waals surface area contributed by atoms with Gasteiger partial charge in [-0.3, -0.25) is 4.98 Å². The minimum absolute atomic E-state index is 0.212. The topological polar surface area (TPSA) is 75.1 Å². The molecule has 2 aromatic heterocycles. The van der Waals surface area contributed by atoms with Gasteiger partial charge in [-0.2, -0.15) is 0 Å². The molecule has 0 aliphatic heterocycles. The van der Waals surface area contributed by atoms with Gasteiger partial charge in [0.15, 0.2) is 0 Å². The average molecular weight is 271 g/mol. The summed E-state index contributed by atoms with van der Waals surface area (Å²) >= 11 is 0. The predicted octanol–water partition coefficient (Wildman–Crippen LogP) is 2.71. The van der Waals surface area contributed by atoms with Crippen LogP contribution in [0.3, 0.4) is 0 Å². The fourth-order valence-corrected chi connectivity index (χ4v) is 2.11. The Morgan fingerprint density at radius 2 is 2.05 bits per heavy atom. The second-order valence-electron chi connectivity index (χ2n) is 4.73. The van der Waals surface area contributed by atoms with Crippen LogP contribution in [-0.4, -0.2) is 21.0 Å². The quantitative estimate of drug-likeness (QED) is 0.894. The summed E-state index contributed by atoms with van der Waals surface area (Å²) in [5, 5.41) is 12.4. The minimum atomic E-state index is -0.977. The molecule has 20 heavy (non-hydrogen) atoms. The summed E-state index contributed by atoms with van der Waals surface area (Å²) in [5.41, 5.74) is 3.63. The Labute approximate surface area is 117 Å². The molecule has 0 spiro atoms. The maximum absolute atomic E-state index is 11.3. The second kappa shape index (κ2) is 5.69. The van der Waals surface area contributed by atoms with E-state index >= 15 is 0 Å². The van der Waals surface area contributed by atoms with E-state index in [0.717, 1.165) is 17.0 Å². The van der Waals surface area contributed by atoms with Crippen molar-refractivity contribution in [2.24, 2.45) is 0 Å². The smallest absolute Gasteiger partial charge is 0.339 e. The largest absolute Gasteiger partial charge is 0.478 e. The summed E-state index contributed by atoms with van der Waals surface area (Å²) in [6, 6.07) is 5.61. The number of pyridine rings is 2. The minimum Gasteiger partial charge on any atom is -0.478 e. The average Bonchev–Trinajstić information content (AvgIpc) is 2.36. The number of hydrogen-bond donors (Lipinski definition) is 2. The SMILES string of the molecule is Cc1cc(C)c(C(=O)O)c(NCc2ncccc2C)n1. The van der Waals surface area contributed by atoms with E-state index in [9.17, 15) is 9.90 Å². The van der Waals surface area contributed by atoms with E-state index in [4.69, 9.17) is 0 Å². The van der Waals surface area contributed by atoms with Gasteiger partial charge in [0.2, 0.25) is 0 Å². The van der Waals surface area contributed by atoms with E-state index in [-0.39, 0.29) is 5.56 Å². The number of rotatable bonds is 4. The maximum Gasteiger partial charge on any atom is 0.339 e. The summed E-state index contributed by atoms with van der Waals surface area (Å²) in [6.07, 6.45) is 1.72. The third-order valence-corrected chi connectivity index (χ3v) is 3.10. The first-order valence-corrected chi connectivity index (χ1v) is 6.35. The molecule has 0 bridgehead atoms. The predicted molar refractivity (Wildman–Crippen MR) is 77.0 cm³/mol. The Bertz CT molecular complexity index is 654. The van der Waals surface area contributed by atoms with Crippen molar-refractivity contribution in [2.45, 2.75) is 27.3 Å². The zero-order valence-corrected chi connectivity index (χ0v) is 11.8. The number of anilines is 1. The lowest BCUT2D eigenvalue weighted by Crippen LogP contribution is -2.12. The van der Waals surface area contributed by atoms with Crippen LogP contribution in [0.1, 0.15) is 32.9 Å². The van der Waals surface area contributed by atoms with E-state index in [1.54, 1.807) is 19.2 Å².